The predicted octanol–water partition coefficient (Wildman–Crippen LogP) is 3.60. The van der Waals surface area contributed by atoms with Crippen LogP contribution in [0.25, 0.3) is 0 Å². The van der Waals surface area contributed by atoms with Gasteiger partial charge in [-0.1, -0.05) is 37.3 Å². The molecule has 0 aliphatic carbocycles. The predicted molar refractivity (Wildman–Crippen MR) is 69.9 cm³/mol. The van der Waals surface area contributed by atoms with Crippen molar-refractivity contribution >= 4 is 12.4 Å². The van der Waals surface area contributed by atoms with E-state index in [0.29, 0.717) is 5.92 Å². The molecule has 0 fully saturated rings. The molecule has 0 bridgehead atoms. The lowest BCUT2D eigenvalue weighted by molar-refractivity contribution is 0.412. The van der Waals surface area contributed by atoms with Gasteiger partial charge in [0.2, 0.25) is 0 Å². The van der Waals surface area contributed by atoms with Gasteiger partial charge in [-0.25, -0.2) is 0 Å². The lowest BCUT2D eigenvalue weighted by Gasteiger charge is -2.23. The monoisotopic (exact) mass is 227 g/mol. The number of benzene rings is 1. The third-order valence-electron chi connectivity index (χ3n) is 2.31. The van der Waals surface area contributed by atoms with Crippen LogP contribution in [0.2, 0.25) is 0 Å². The molecular formula is C13H22ClN. The molecule has 0 aromatic heterocycles. The van der Waals surface area contributed by atoms with E-state index < -0.39 is 0 Å². The SMILES string of the molecule is CC(CNC(C)(C)C)c1ccccc1.Cl. The number of halogens is 1. The van der Waals surface area contributed by atoms with Gasteiger partial charge >= 0.3 is 0 Å². The van der Waals surface area contributed by atoms with Gasteiger partial charge < -0.3 is 5.32 Å². The summed E-state index contributed by atoms with van der Waals surface area (Å²) in [5.41, 5.74) is 1.62. The van der Waals surface area contributed by atoms with Gasteiger partial charge in [-0.3, -0.25) is 0 Å². The van der Waals surface area contributed by atoms with E-state index in [1.807, 2.05) is 0 Å². The Morgan fingerprint density at radius 1 is 1.13 bits per heavy atom. The fraction of sp³-hybridized carbons (Fsp3) is 0.538. The Labute approximate surface area is 99.7 Å². The zero-order valence-corrected chi connectivity index (χ0v) is 10.9. The van der Waals surface area contributed by atoms with Gasteiger partial charge in [0, 0.05) is 12.1 Å². The first-order valence-electron chi connectivity index (χ1n) is 5.29. The first-order valence-corrected chi connectivity index (χ1v) is 5.29. The van der Waals surface area contributed by atoms with Crippen LogP contribution in [-0.2, 0) is 0 Å². The number of hydrogen-bond donors (Lipinski definition) is 1. The molecule has 1 aromatic carbocycles. The van der Waals surface area contributed by atoms with Crippen molar-refractivity contribution in [3.05, 3.63) is 35.9 Å². The highest BCUT2D eigenvalue weighted by atomic mass is 35.5. The molecular weight excluding hydrogens is 206 g/mol. The number of nitrogens with one attached hydrogen (secondary N) is 1. The quantitative estimate of drug-likeness (QED) is 0.832. The topological polar surface area (TPSA) is 12.0 Å². The molecule has 1 nitrogen and oxygen atoms in total. The molecule has 1 unspecified atom stereocenters. The molecule has 0 aliphatic heterocycles. The highest BCUT2D eigenvalue weighted by molar-refractivity contribution is 5.85. The van der Waals surface area contributed by atoms with Gasteiger partial charge in [0.15, 0.2) is 0 Å². The van der Waals surface area contributed by atoms with Gasteiger partial charge in [0.1, 0.15) is 0 Å². The van der Waals surface area contributed by atoms with Crippen LogP contribution < -0.4 is 5.32 Å². The Hall–Kier alpha value is -0.530. The third-order valence-corrected chi connectivity index (χ3v) is 2.31. The standard InChI is InChI=1S/C13H21N.ClH/c1-11(10-14-13(2,3)4)12-8-6-5-7-9-12;/h5-9,11,14H,10H2,1-4H3;1H. The molecule has 15 heavy (non-hydrogen) atoms. The smallest absolute Gasteiger partial charge is 0.00967 e. The second-order valence-corrected chi connectivity index (χ2v) is 4.94. The van der Waals surface area contributed by atoms with Crippen molar-refractivity contribution in [2.45, 2.75) is 39.2 Å². The summed E-state index contributed by atoms with van der Waals surface area (Å²) in [4.78, 5) is 0. The summed E-state index contributed by atoms with van der Waals surface area (Å²) in [6.07, 6.45) is 0. The van der Waals surface area contributed by atoms with Crippen molar-refractivity contribution in [3.63, 3.8) is 0 Å². The summed E-state index contributed by atoms with van der Waals surface area (Å²) in [7, 11) is 0. The van der Waals surface area contributed by atoms with Gasteiger partial charge in [0.05, 0.1) is 0 Å². The Morgan fingerprint density at radius 2 is 1.67 bits per heavy atom. The number of hydrogen-bond acceptors (Lipinski definition) is 1. The van der Waals surface area contributed by atoms with E-state index in [4.69, 9.17) is 0 Å². The summed E-state index contributed by atoms with van der Waals surface area (Å²) in [5, 5.41) is 3.52. The van der Waals surface area contributed by atoms with E-state index in [2.05, 4.69) is 63.3 Å². The minimum absolute atomic E-state index is 0. The average molecular weight is 228 g/mol. The average Bonchev–Trinajstić information content (AvgIpc) is 2.14. The van der Waals surface area contributed by atoms with Crippen molar-refractivity contribution in [2.75, 3.05) is 6.54 Å². The Bertz CT molecular complexity index is 264. The van der Waals surface area contributed by atoms with Crippen molar-refractivity contribution in [3.8, 4) is 0 Å². The van der Waals surface area contributed by atoms with E-state index in [1.54, 1.807) is 0 Å². The summed E-state index contributed by atoms with van der Waals surface area (Å²) < 4.78 is 0. The van der Waals surface area contributed by atoms with Crippen LogP contribution in [-0.4, -0.2) is 12.1 Å². The molecule has 0 heterocycles. The molecule has 1 N–H and O–H groups in total. The molecule has 0 amide bonds. The Balaban J connectivity index is 0.00000196. The summed E-state index contributed by atoms with van der Waals surface area (Å²) in [6, 6.07) is 10.6. The van der Waals surface area contributed by atoms with Crippen molar-refractivity contribution in [1.29, 1.82) is 0 Å². The zero-order chi connectivity index (χ0) is 10.6. The molecule has 0 spiro atoms. The van der Waals surface area contributed by atoms with E-state index >= 15 is 0 Å². The van der Waals surface area contributed by atoms with Crippen LogP contribution in [0.1, 0.15) is 39.2 Å². The molecule has 0 saturated carbocycles. The minimum Gasteiger partial charge on any atom is -0.311 e. The molecule has 1 atom stereocenters. The van der Waals surface area contributed by atoms with Crippen LogP contribution in [0.4, 0.5) is 0 Å². The molecule has 0 aliphatic rings. The maximum atomic E-state index is 3.52. The van der Waals surface area contributed by atoms with E-state index in [9.17, 15) is 0 Å². The van der Waals surface area contributed by atoms with Crippen LogP contribution in [0.15, 0.2) is 30.3 Å². The van der Waals surface area contributed by atoms with Gasteiger partial charge in [-0.05, 0) is 32.3 Å². The first-order chi connectivity index (χ1) is 6.49. The van der Waals surface area contributed by atoms with Gasteiger partial charge in [-0.2, -0.15) is 0 Å². The van der Waals surface area contributed by atoms with Crippen molar-refractivity contribution in [1.82, 2.24) is 5.32 Å². The van der Waals surface area contributed by atoms with Crippen molar-refractivity contribution in [2.24, 2.45) is 0 Å². The second-order valence-electron chi connectivity index (χ2n) is 4.94. The maximum absolute atomic E-state index is 3.52. The lowest BCUT2D eigenvalue weighted by atomic mass is 10.00. The lowest BCUT2D eigenvalue weighted by Crippen LogP contribution is -2.38. The molecule has 0 saturated heterocycles. The van der Waals surface area contributed by atoms with Gasteiger partial charge in [-0.15, -0.1) is 12.4 Å². The molecule has 86 valence electrons. The van der Waals surface area contributed by atoms with E-state index in [-0.39, 0.29) is 17.9 Å². The fourth-order valence-corrected chi connectivity index (χ4v) is 1.36. The van der Waals surface area contributed by atoms with Crippen LogP contribution in [0.3, 0.4) is 0 Å². The number of rotatable bonds is 3. The van der Waals surface area contributed by atoms with E-state index in [0.717, 1.165) is 6.54 Å². The highest BCUT2D eigenvalue weighted by Gasteiger charge is 2.11. The Morgan fingerprint density at radius 3 is 2.13 bits per heavy atom. The first kappa shape index (κ1) is 14.5. The van der Waals surface area contributed by atoms with Gasteiger partial charge in [0.25, 0.3) is 0 Å². The summed E-state index contributed by atoms with van der Waals surface area (Å²) in [5.74, 6) is 0.579. The summed E-state index contributed by atoms with van der Waals surface area (Å²) in [6.45, 7) is 9.89. The zero-order valence-electron chi connectivity index (χ0n) is 10.1. The third kappa shape index (κ3) is 5.81. The minimum atomic E-state index is 0. The van der Waals surface area contributed by atoms with E-state index in [1.165, 1.54) is 5.56 Å². The van der Waals surface area contributed by atoms with Crippen molar-refractivity contribution < 1.29 is 0 Å². The largest absolute Gasteiger partial charge is 0.311 e. The summed E-state index contributed by atoms with van der Waals surface area (Å²) >= 11 is 0. The normalized spacial score (nSPS) is 13.1. The highest BCUT2D eigenvalue weighted by Crippen LogP contribution is 2.14. The molecule has 2 heteroatoms. The maximum Gasteiger partial charge on any atom is 0.00967 e. The molecule has 0 radical (unpaired) electrons. The Kier molecular flexibility index (Phi) is 5.92. The van der Waals surface area contributed by atoms with Crippen LogP contribution in [0, 0.1) is 0 Å². The van der Waals surface area contributed by atoms with Crippen LogP contribution >= 0.6 is 12.4 Å². The molecule has 1 aromatic rings. The second kappa shape index (κ2) is 6.14. The fourth-order valence-electron chi connectivity index (χ4n) is 1.36. The molecule has 1 rings (SSSR count). The van der Waals surface area contributed by atoms with Crippen LogP contribution in [0.5, 0.6) is 0 Å².